The molecule has 0 saturated heterocycles. The van der Waals surface area contributed by atoms with E-state index in [2.05, 4.69) is 25.9 Å². The summed E-state index contributed by atoms with van der Waals surface area (Å²) in [6.45, 7) is 21.6. The highest BCUT2D eigenvalue weighted by Gasteiger charge is 2.50. The molecule has 0 spiro atoms. The van der Waals surface area contributed by atoms with Crippen molar-refractivity contribution in [1.29, 1.82) is 0 Å². The lowest BCUT2D eigenvalue weighted by atomic mass is 9.70. The average molecular weight is 1000 g/mol. The zero-order valence-electron chi connectivity index (χ0n) is 42.8. The normalized spacial score (nSPS) is 13.7. The molecule has 1 aromatic carbocycles. The lowest BCUT2D eigenvalue weighted by Gasteiger charge is -2.42. The predicted molar refractivity (Wildman–Crippen MR) is 259 cm³/mol. The maximum absolute atomic E-state index is 13.9. The Labute approximate surface area is 412 Å². The third-order valence-corrected chi connectivity index (χ3v) is 11.6. The molecule has 2 atom stereocenters. The molecule has 6 N–H and O–H groups in total. The maximum Gasteiger partial charge on any atom is 0.330 e. The SMILES string of the molecule is CC(C)(C)OC(=O)Cn1ccnc1CN(CCCC[C@@](NC(=O)N[C@@H](CCC(=O)NCCc1ccc(S(N)(=O)=O)cc1)C(=O)OC(C)(C)C)(C(=O)O)C(C)(C)C)Cc1nccn1CC(=O)OC(C)(C)C. The Bertz CT molecular complexity index is 2300. The number of benzene rings is 1. The van der Waals surface area contributed by atoms with Crippen molar-refractivity contribution < 1.29 is 56.5 Å². The van der Waals surface area contributed by atoms with Crippen molar-refractivity contribution in [1.82, 2.24) is 40.0 Å². The van der Waals surface area contributed by atoms with E-state index in [-0.39, 0.29) is 56.9 Å². The van der Waals surface area contributed by atoms with Crippen LogP contribution < -0.4 is 21.1 Å². The number of rotatable bonds is 24. The number of carboxylic acid groups (broad SMARTS) is 1. The number of nitrogens with one attached hydrogen (secondary N) is 3. The summed E-state index contributed by atoms with van der Waals surface area (Å²) < 4.78 is 43.2. The number of nitrogens with zero attached hydrogens (tertiary/aromatic N) is 5. The van der Waals surface area contributed by atoms with Gasteiger partial charge in [-0.05, 0) is 124 Å². The summed E-state index contributed by atoms with van der Waals surface area (Å²) >= 11 is 0. The molecule has 0 unspecified atom stereocenters. The standard InChI is InChI=1S/C48H75N9O12S/c1-44(2,3)48(42(62)63,54-43(64)53-35(41(61)69-47(10,11)12)19-20-38(58)52-23-21-33-15-17-34(18-16-33)70(49,65)66)22-13-14-26-55(29-36-50-24-27-56(36)31-39(59)67-45(4,5)6)30-37-51-25-28-57(37)32-40(60)68-46(7,8)9/h15-18,24-25,27-28,35H,13-14,19-23,26,29-32H2,1-12H3,(H,52,58)(H,62,63)(H2,49,65,66)(H2,53,54,64)/t35-,48+/m0/s1. The molecule has 0 aliphatic carbocycles. The van der Waals surface area contributed by atoms with Crippen LogP contribution in [-0.2, 0) is 80.8 Å². The van der Waals surface area contributed by atoms with E-state index in [0.29, 0.717) is 37.5 Å². The number of aromatic nitrogens is 4. The average Bonchev–Trinajstić information content (AvgIpc) is 3.82. The zero-order chi connectivity index (χ0) is 52.9. The minimum Gasteiger partial charge on any atom is -0.479 e. The number of esters is 3. The van der Waals surface area contributed by atoms with E-state index in [1.165, 1.54) is 12.1 Å². The Hall–Kier alpha value is -5.87. The number of carbonyl (C=O) groups is 6. The Kier molecular flexibility index (Phi) is 20.3. The molecule has 2 aromatic heterocycles. The third-order valence-electron chi connectivity index (χ3n) is 10.7. The van der Waals surface area contributed by atoms with E-state index in [0.717, 1.165) is 5.56 Å². The van der Waals surface area contributed by atoms with Gasteiger partial charge >= 0.3 is 29.9 Å². The van der Waals surface area contributed by atoms with E-state index < -0.39 is 79.6 Å². The molecule has 3 aromatic rings. The smallest absolute Gasteiger partial charge is 0.330 e. The summed E-state index contributed by atoms with van der Waals surface area (Å²) in [4.78, 5) is 90.2. The lowest BCUT2D eigenvalue weighted by Crippen LogP contribution is -2.65. The van der Waals surface area contributed by atoms with Crippen LogP contribution in [-0.4, -0.2) is 115 Å². The topological polar surface area (TPSA) is 285 Å². The van der Waals surface area contributed by atoms with Crippen LogP contribution in [0, 0.1) is 5.41 Å². The summed E-state index contributed by atoms with van der Waals surface area (Å²) in [7, 11) is -3.85. The van der Waals surface area contributed by atoms with Crippen molar-refractivity contribution >= 4 is 45.8 Å². The lowest BCUT2D eigenvalue weighted by molar-refractivity contribution is -0.158. The van der Waals surface area contributed by atoms with Gasteiger partial charge in [0.2, 0.25) is 15.9 Å². The number of aliphatic carboxylic acids is 1. The first-order chi connectivity index (χ1) is 32.2. The Balaban J connectivity index is 1.78. The van der Waals surface area contributed by atoms with Crippen LogP contribution in [0.25, 0.3) is 0 Å². The van der Waals surface area contributed by atoms with E-state index >= 15 is 0 Å². The van der Waals surface area contributed by atoms with Gasteiger partial charge in [-0.1, -0.05) is 32.9 Å². The van der Waals surface area contributed by atoms with Gasteiger partial charge in [0.15, 0.2) is 0 Å². The molecular weight excluding hydrogens is 927 g/mol. The molecular formula is C48H75N9O12S. The van der Waals surface area contributed by atoms with Gasteiger partial charge in [0.1, 0.15) is 53.1 Å². The molecule has 0 saturated carbocycles. The first-order valence-electron chi connectivity index (χ1n) is 23.3. The van der Waals surface area contributed by atoms with Crippen LogP contribution in [0.15, 0.2) is 53.9 Å². The summed E-state index contributed by atoms with van der Waals surface area (Å²) in [6.07, 6.45) is 7.20. The van der Waals surface area contributed by atoms with Crippen LogP contribution in [0.4, 0.5) is 4.79 Å². The van der Waals surface area contributed by atoms with Crippen LogP contribution in [0.2, 0.25) is 0 Å². The first-order valence-corrected chi connectivity index (χ1v) is 24.8. The van der Waals surface area contributed by atoms with Gasteiger partial charge in [0, 0.05) is 37.8 Å². The second kappa shape index (κ2) is 24.3. The van der Waals surface area contributed by atoms with Gasteiger partial charge in [-0.15, -0.1) is 0 Å². The molecule has 21 nitrogen and oxygen atoms in total. The minimum atomic E-state index is -3.85. The molecule has 3 rings (SSSR count). The third kappa shape index (κ3) is 19.9. The van der Waals surface area contributed by atoms with Crippen molar-refractivity contribution in [2.24, 2.45) is 10.6 Å². The number of sulfonamides is 1. The van der Waals surface area contributed by atoms with E-state index in [4.69, 9.17) is 19.3 Å². The molecule has 0 aliphatic heterocycles. The van der Waals surface area contributed by atoms with Crippen LogP contribution >= 0.6 is 0 Å². The summed E-state index contributed by atoms with van der Waals surface area (Å²) in [5.41, 5.74) is -4.50. The summed E-state index contributed by atoms with van der Waals surface area (Å²) in [5, 5.41) is 24.0. The molecule has 0 radical (unpaired) electrons. The van der Waals surface area contributed by atoms with Gasteiger partial charge in [-0.25, -0.2) is 37.9 Å². The highest BCUT2D eigenvalue weighted by Crippen LogP contribution is 2.35. The van der Waals surface area contributed by atoms with Crippen molar-refractivity contribution in [2.75, 3.05) is 13.1 Å². The number of imidazole rings is 2. The molecule has 390 valence electrons. The van der Waals surface area contributed by atoms with E-state index in [1.807, 2.05) is 4.90 Å². The van der Waals surface area contributed by atoms with Gasteiger partial charge in [-0.2, -0.15) is 0 Å². The Morgan fingerprint density at radius 1 is 0.757 bits per heavy atom. The number of nitrogens with two attached hydrogens (primary N) is 1. The largest absolute Gasteiger partial charge is 0.479 e. The highest BCUT2D eigenvalue weighted by atomic mass is 32.2. The maximum atomic E-state index is 13.9. The Morgan fingerprint density at radius 2 is 1.26 bits per heavy atom. The fourth-order valence-electron chi connectivity index (χ4n) is 7.31. The molecule has 2 heterocycles. The number of hydrogen-bond acceptors (Lipinski definition) is 14. The Morgan fingerprint density at radius 3 is 1.70 bits per heavy atom. The fourth-order valence-corrected chi connectivity index (χ4v) is 7.82. The van der Waals surface area contributed by atoms with Gasteiger partial charge in [0.05, 0.1) is 18.0 Å². The molecule has 0 fully saturated rings. The first kappa shape index (κ1) is 58.4. The van der Waals surface area contributed by atoms with Crippen molar-refractivity contribution in [3.63, 3.8) is 0 Å². The number of hydrogen-bond donors (Lipinski definition) is 5. The van der Waals surface area contributed by atoms with Crippen LogP contribution in [0.5, 0.6) is 0 Å². The number of carboxylic acids is 1. The van der Waals surface area contributed by atoms with Crippen molar-refractivity contribution in [3.05, 3.63) is 66.3 Å². The minimum absolute atomic E-state index is 0.0299. The van der Waals surface area contributed by atoms with E-state index in [1.54, 1.807) is 129 Å². The predicted octanol–water partition coefficient (Wildman–Crippen LogP) is 4.60. The van der Waals surface area contributed by atoms with Crippen LogP contribution in [0.1, 0.15) is 132 Å². The van der Waals surface area contributed by atoms with Crippen LogP contribution in [0.3, 0.4) is 0 Å². The highest BCUT2D eigenvalue weighted by molar-refractivity contribution is 7.89. The number of urea groups is 1. The van der Waals surface area contributed by atoms with Crippen molar-refractivity contribution in [3.8, 4) is 0 Å². The van der Waals surface area contributed by atoms with Gasteiger partial charge < -0.3 is 44.4 Å². The molecule has 22 heteroatoms. The molecule has 0 bridgehead atoms. The van der Waals surface area contributed by atoms with Crippen molar-refractivity contribution in [2.45, 2.75) is 181 Å². The molecule has 3 amide bonds. The number of amides is 3. The second-order valence-corrected chi connectivity index (χ2v) is 22.8. The second-order valence-electron chi connectivity index (χ2n) is 21.3. The molecule has 0 aliphatic rings. The summed E-state index contributed by atoms with van der Waals surface area (Å²) in [5.74, 6) is -2.33. The van der Waals surface area contributed by atoms with Gasteiger partial charge in [-0.3, -0.25) is 19.3 Å². The fraction of sp³-hybridized carbons (Fsp3) is 0.625. The number of carbonyl (C=O) groups excluding carboxylic acids is 5. The summed E-state index contributed by atoms with van der Waals surface area (Å²) in [6, 6.07) is 3.63. The monoisotopic (exact) mass is 1000 g/mol. The molecule has 70 heavy (non-hydrogen) atoms. The van der Waals surface area contributed by atoms with Gasteiger partial charge in [0.25, 0.3) is 0 Å². The zero-order valence-corrected chi connectivity index (χ0v) is 43.7. The number of primary sulfonamides is 1. The number of ether oxygens (including phenoxy) is 3. The number of unbranched alkanes of at least 4 members (excludes halogenated alkanes) is 1. The quantitative estimate of drug-likeness (QED) is 0.0466. The van der Waals surface area contributed by atoms with E-state index in [9.17, 15) is 42.3 Å².